The van der Waals surface area contributed by atoms with Gasteiger partial charge in [0.25, 0.3) is 5.91 Å². The number of Topliss-reactive ketones (excluding diaryl/α,β-unsaturated/α-hetero) is 1. The van der Waals surface area contributed by atoms with Crippen LogP contribution in [-0.4, -0.2) is 23.7 Å². The van der Waals surface area contributed by atoms with E-state index >= 15 is 0 Å². The molecular weight excluding hydrogens is 256 g/mol. The fourth-order valence-electron chi connectivity index (χ4n) is 1.64. The van der Waals surface area contributed by atoms with Gasteiger partial charge in [0.1, 0.15) is 17.5 Å². The number of nitrogens with zero attached hydrogens (tertiary/aromatic N) is 4. The number of carbonyl (C=O) groups is 2. The Morgan fingerprint density at radius 3 is 2.56 bits per heavy atom. The van der Waals surface area contributed by atoms with Crippen molar-refractivity contribution >= 4 is 29.8 Å². The molecule has 90 valence electrons. The third-order valence-electron chi connectivity index (χ3n) is 2.55. The number of halogens is 1. The van der Waals surface area contributed by atoms with Crippen molar-refractivity contribution in [1.82, 2.24) is 4.98 Å². The van der Waals surface area contributed by atoms with Crippen LogP contribution in [0.3, 0.4) is 0 Å². The highest BCUT2D eigenvalue weighted by molar-refractivity contribution is 6.22. The highest BCUT2D eigenvalue weighted by Crippen LogP contribution is 2.27. The number of carbonyl (C=O) groups excluding carboxylic acids is 2. The van der Waals surface area contributed by atoms with E-state index in [0.717, 1.165) is 0 Å². The van der Waals surface area contributed by atoms with E-state index in [1.807, 2.05) is 0 Å². The van der Waals surface area contributed by atoms with Crippen LogP contribution in [0.2, 0.25) is 0 Å². The summed E-state index contributed by atoms with van der Waals surface area (Å²) in [7, 11) is 1.46. The fourth-order valence-corrected chi connectivity index (χ4v) is 1.64. The van der Waals surface area contributed by atoms with Crippen LogP contribution in [-0.2, 0) is 4.79 Å². The molecule has 1 aromatic rings. The van der Waals surface area contributed by atoms with Crippen LogP contribution in [0.1, 0.15) is 16.2 Å². The van der Waals surface area contributed by atoms with Gasteiger partial charge in [0.2, 0.25) is 5.78 Å². The Hall–Kier alpha value is -2.44. The summed E-state index contributed by atoms with van der Waals surface area (Å²) in [4.78, 5) is 28.6. The Morgan fingerprint density at radius 1 is 1.33 bits per heavy atom. The molecule has 2 rings (SSSR count). The molecule has 0 aliphatic carbocycles. The van der Waals surface area contributed by atoms with Gasteiger partial charge >= 0.3 is 0 Å². The van der Waals surface area contributed by atoms with Gasteiger partial charge in [0.05, 0.1) is 11.8 Å². The summed E-state index contributed by atoms with van der Waals surface area (Å²) in [5.74, 6) is -2.59. The van der Waals surface area contributed by atoms with Crippen LogP contribution in [0.25, 0.3) is 0 Å². The van der Waals surface area contributed by atoms with Crippen LogP contribution in [0.15, 0.2) is 12.1 Å². The van der Waals surface area contributed by atoms with E-state index in [1.54, 1.807) is 12.1 Å². The summed E-state index contributed by atoms with van der Waals surface area (Å²) in [6.07, 6.45) is 0. The molecule has 0 saturated carbocycles. The molecule has 1 aromatic heterocycles. The second-order valence-corrected chi connectivity index (χ2v) is 3.50. The van der Waals surface area contributed by atoms with Crippen molar-refractivity contribution in [3.63, 3.8) is 0 Å². The van der Waals surface area contributed by atoms with Gasteiger partial charge in [-0.15, -0.1) is 12.4 Å². The minimum atomic E-state index is -1.37. The first-order valence-electron chi connectivity index (χ1n) is 4.72. The number of aromatic nitrogens is 1. The molecule has 1 aliphatic heterocycles. The quantitative estimate of drug-likeness (QED) is 0.640. The lowest BCUT2D eigenvalue weighted by molar-refractivity contribution is -0.119. The molecule has 2 heterocycles. The maximum Gasteiger partial charge on any atom is 0.252 e. The number of amides is 1. The number of nitriles is 2. The van der Waals surface area contributed by atoms with Crippen molar-refractivity contribution in [2.75, 3.05) is 11.9 Å². The van der Waals surface area contributed by atoms with Gasteiger partial charge < -0.3 is 4.90 Å². The molecule has 0 saturated heterocycles. The lowest BCUT2D eigenvalue weighted by Crippen LogP contribution is -2.42. The van der Waals surface area contributed by atoms with Crippen molar-refractivity contribution < 1.29 is 9.59 Å². The zero-order valence-corrected chi connectivity index (χ0v) is 10.1. The second kappa shape index (κ2) is 4.82. The van der Waals surface area contributed by atoms with Crippen molar-refractivity contribution in [2.45, 2.75) is 0 Å². The number of ketones is 1. The predicted molar refractivity (Wildman–Crippen MR) is 63.0 cm³/mol. The standard InChI is InChI=1S/C11H6N4O2.ClH/c1-15-8-3-2-6(4-12)14-9(8)10(16)7(5-13)11(15)17;/h2-3,7H,1H3;1H. The molecule has 1 aliphatic rings. The van der Waals surface area contributed by atoms with Crippen molar-refractivity contribution in [2.24, 2.45) is 5.92 Å². The first kappa shape index (κ1) is 13.6. The van der Waals surface area contributed by atoms with Gasteiger partial charge in [-0.05, 0) is 12.1 Å². The van der Waals surface area contributed by atoms with E-state index in [2.05, 4.69) is 4.98 Å². The fraction of sp³-hybridized carbons (Fsp3) is 0.182. The average molecular weight is 263 g/mol. The summed E-state index contributed by atoms with van der Waals surface area (Å²) in [6.45, 7) is 0. The number of hydrogen-bond acceptors (Lipinski definition) is 5. The minimum Gasteiger partial charge on any atom is -0.312 e. The van der Waals surface area contributed by atoms with Crippen molar-refractivity contribution in [3.05, 3.63) is 23.5 Å². The number of anilines is 1. The van der Waals surface area contributed by atoms with Crippen molar-refractivity contribution in [1.29, 1.82) is 10.5 Å². The highest BCUT2D eigenvalue weighted by atomic mass is 35.5. The van der Waals surface area contributed by atoms with Gasteiger partial charge in [0.15, 0.2) is 5.92 Å². The van der Waals surface area contributed by atoms with Crippen molar-refractivity contribution in [3.8, 4) is 12.1 Å². The molecule has 0 bridgehead atoms. The summed E-state index contributed by atoms with van der Waals surface area (Å²) in [5, 5.41) is 17.5. The van der Waals surface area contributed by atoms with Crippen LogP contribution >= 0.6 is 12.4 Å². The minimum absolute atomic E-state index is 0. The monoisotopic (exact) mass is 262 g/mol. The Kier molecular flexibility index (Phi) is 3.65. The van der Waals surface area contributed by atoms with E-state index in [-0.39, 0.29) is 23.8 Å². The van der Waals surface area contributed by atoms with E-state index < -0.39 is 17.6 Å². The van der Waals surface area contributed by atoms with Crippen LogP contribution in [0, 0.1) is 28.6 Å². The summed E-state index contributed by atoms with van der Waals surface area (Å²) < 4.78 is 0. The smallest absolute Gasteiger partial charge is 0.252 e. The van der Waals surface area contributed by atoms with E-state index in [0.29, 0.717) is 5.69 Å². The molecule has 1 unspecified atom stereocenters. The summed E-state index contributed by atoms with van der Waals surface area (Å²) in [6, 6.07) is 6.35. The van der Waals surface area contributed by atoms with Gasteiger partial charge in [0, 0.05) is 7.05 Å². The van der Waals surface area contributed by atoms with Gasteiger partial charge in [-0.2, -0.15) is 10.5 Å². The molecule has 0 radical (unpaired) electrons. The summed E-state index contributed by atoms with van der Waals surface area (Å²) in [5.41, 5.74) is 0.403. The molecule has 0 spiro atoms. The highest BCUT2D eigenvalue weighted by Gasteiger charge is 2.39. The van der Waals surface area contributed by atoms with Gasteiger partial charge in [-0.25, -0.2) is 4.98 Å². The SMILES string of the molecule is CN1C(=O)C(C#N)C(=O)c2nc(C#N)ccc21.Cl. The largest absolute Gasteiger partial charge is 0.312 e. The molecule has 7 heteroatoms. The van der Waals surface area contributed by atoms with E-state index in [9.17, 15) is 9.59 Å². The second-order valence-electron chi connectivity index (χ2n) is 3.50. The van der Waals surface area contributed by atoms with Gasteiger partial charge in [-0.1, -0.05) is 0 Å². The third kappa shape index (κ3) is 1.79. The Bertz CT molecular complexity index is 614. The normalized spacial score (nSPS) is 17.3. The van der Waals surface area contributed by atoms with Gasteiger partial charge in [-0.3, -0.25) is 9.59 Å². The number of fused-ring (bicyclic) bond motifs is 1. The zero-order valence-electron chi connectivity index (χ0n) is 9.25. The number of rotatable bonds is 0. The lowest BCUT2D eigenvalue weighted by Gasteiger charge is -2.26. The molecule has 0 fully saturated rings. The Balaban J connectivity index is 0.00000162. The maximum atomic E-state index is 11.8. The maximum absolute atomic E-state index is 11.8. The molecule has 1 amide bonds. The molecule has 0 N–H and O–H groups in total. The Labute approximate surface area is 109 Å². The van der Waals surface area contributed by atoms with E-state index in [4.69, 9.17) is 10.5 Å². The summed E-state index contributed by atoms with van der Waals surface area (Å²) >= 11 is 0. The lowest BCUT2D eigenvalue weighted by atomic mass is 9.95. The predicted octanol–water partition coefficient (Wildman–Crippen LogP) is 0.674. The molecule has 1 atom stereocenters. The molecule has 18 heavy (non-hydrogen) atoms. The third-order valence-corrected chi connectivity index (χ3v) is 2.55. The van der Waals surface area contributed by atoms with Crippen LogP contribution < -0.4 is 4.90 Å². The van der Waals surface area contributed by atoms with E-state index in [1.165, 1.54) is 24.1 Å². The molecule has 6 nitrogen and oxygen atoms in total. The van der Waals surface area contributed by atoms with Crippen LogP contribution in [0.4, 0.5) is 5.69 Å². The first-order valence-corrected chi connectivity index (χ1v) is 4.72. The number of hydrogen-bond donors (Lipinski definition) is 0. The Morgan fingerprint density at radius 2 is 2.00 bits per heavy atom. The topological polar surface area (TPSA) is 97.8 Å². The number of pyridine rings is 1. The molecular formula is C11H7ClN4O2. The first-order chi connectivity index (χ1) is 8.10. The average Bonchev–Trinajstić information content (AvgIpc) is 2.36. The van der Waals surface area contributed by atoms with Crippen LogP contribution in [0.5, 0.6) is 0 Å². The molecule has 0 aromatic carbocycles. The zero-order chi connectivity index (χ0) is 12.6.